The molecule has 2 heterocycles. The van der Waals surface area contributed by atoms with E-state index in [1.807, 2.05) is 7.05 Å². The molecule has 1 unspecified atom stereocenters. The zero-order chi connectivity index (χ0) is 18.0. The van der Waals surface area contributed by atoms with E-state index in [4.69, 9.17) is 9.26 Å². The summed E-state index contributed by atoms with van der Waals surface area (Å²) in [6.45, 7) is 3.50. The second-order valence-electron chi connectivity index (χ2n) is 6.15. The van der Waals surface area contributed by atoms with E-state index in [2.05, 4.69) is 15.0 Å². The predicted molar refractivity (Wildman–Crippen MR) is 87.6 cm³/mol. The fourth-order valence-electron chi connectivity index (χ4n) is 2.98. The number of likely N-dealkylation sites (N-methyl/N-ethyl adjacent to an activating group) is 1. The molecule has 1 saturated heterocycles. The van der Waals surface area contributed by atoms with Crippen LogP contribution in [0.25, 0.3) is 0 Å². The number of halogens is 1. The van der Waals surface area contributed by atoms with Crippen LogP contribution in [0.5, 0.6) is 5.75 Å². The van der Waals surface area contributed by atoms with Gasteiger partial charge in [0.1, 0.15) is 17.6 Å². The number of aryl methyl sites for hydroxylation is 1. The SMILES string of the molecule is COc1ccc(F)cc1CC(=O)N1CCN(C)C(c2nc(C)no2)C1. The smallest absolute Gasteiger partial charge is 0.245 e. The Balaban J connectivity index is 1.73. The minimum atomic E-state index is -0.388. The molecular weight excluding hydrogens is 327 g/mol. The van der Waals surface area contributed by atoms with Crippen LogP contribution >= 0.6 is 0 Å². The Morgan fingerprint density at radius 1 is 1.44 bits per heavy atom. The zero-order valence-electron chi connectivity index (χ0n) is 14.5. The van der Waals surface area contributed by atoms with Crippen molar-refractivity contribution in [2.24, 2.45) is 0 Å². The van der Waals surface area contributed by atoms with Crippen LogP contribution in [-0.2, 0) is 11.2 Å². The third kappa shape index (κ3) is 3.79. The molecule has 3 rings (SSSR count). The van der Waals surface area contributed by atoms with E-state index in [0.717, 1.165) is 0 Å². The summed E-state index contributed by atoms with van der Waals surface area (Å²) < 4.78 is 24.0. The van der Waals surface area contributed by atoms with Crippen LogP contribution in [0, 0.1) is 12.7 Å². The molecule has 1 aliphatic rings. The molecule has 1 atom stereocenters. The van der Waals surface area contributed by atoms with Gasteiger partial charge in [-0.3, -0.25) is 9.69 Å². The van der Waals surface area contributed by atoms with Crippen LogP contribution in [0.4, 0.5) is 4.39 Å². The summed E-state index contributed by atoms with van der Waals surface area (Å²) in [6, 6.07) is 4.04. The van der Waals surface area contributed by atoms with Gasteiger partial charge in [-0.2, -0.15) is 4.98 Å². The predicted octanol–water partition coefficient (Wildman–Crippen LogP) is 1.58. The first-order valence-corrected chi connectivity index (χ1v) is 8.08. The van der Waals surface area contributed by atoms with Gasteiger partial charge in [0.25, 0.3) is 0 Å². The monoisotopic (exact) mass is 348 g/mol. The first-order valence-electron chi connectivity index (χ1n) is 8.08. The Labute approximate surface area is 145 Å². The van der Waals surface area contributed by atoms with Crippen molar-refractivity contribution in [3.63, 3.8) is 0 Å². The van der Waals surface area contributed by atoms with Gasteiger partial charge in [-0.25, -0.2) is 4.39 Å². The second kappa shape index (κ2) is 7.18. The Kier molecular flexibility index (Phi) is 4.98. The number of piperazine rings is 1. The summed E-state index contributed by atoms with van der Waals surface area (Å²) in [5.41, 5.74) is 0.539. The summed E-state index contributed by atoms with van der Waals surface area (Å²) in [5, 5.41) is 3.82. The van der Waals surface area contributed by atoms with Crippen molar-refractivity contribution in [2.45, 2.75) is 19.4 Å². The van der Waals surface area contributed by atoms with Crippen LogP contribution in [0.15, 0.2) is 22.7 Å². The standard InChI is InChI=1S/C17H21FN4O3/c1-11-19-17(25-20-11)14-10-22(7-6-21(14)2)16(23)9-12-8-13(18)4-5-15(12)24-3/h4-5,8,14H,6-7,9-10H2,1-3H3. The molecule has 25 heavy (non-hydrogen) atoms. The third-order valence-electron chi connectivity index (χ3n) is 4.41. The van der Waals surface area contributed by atoms with Gasteiger partial charge in [-0.1, -0.05) is 5.16 Å². The highest BCUT2D eigenvalue weighted by Crippen LogP contribution is 2.25. The van der Waals surface area contributed by atoms with Gasteiger partial charge in [-0.15, -0.1) is 0 Å². The fourth-order valence-corrected chi connectivity index (χ4v) is 2.98. The van der Waals surface area contributed by atoms with Crippen molar-refractivity contribution < 1.29 is 18.4 Å². The normalized spacial score (nSPS) is 18.4. The fraction of sp³-hybridized carbons (Fsp3) is 0.471. The summed E-state index contributed by atoms with van der Waals surface area (Å²) in [7, 11) is 3.46. The first-order chi connectivity index (χ1) is 12.0. The number of hydrogen-bond donors (Lipinski definition) is 0. The van der Waals surface area contributed by atoms with Gasteiger partial charge in [0.2, 0.25) is 11.8 Å². The Hall–Kier alpha value is -2.48. The van der Waals surface area contributed by atoms with E-state index in [0.29, 0.717) is 42.7 Å². The second-order valence-corrected chi connectivity index (χ2v) is 6.15. The van der Waals surface area contributed by atoms with Crippen LogP contribution in [-0.4, -0.2) is 59.6 Å². The maximum absolute atomic E-state index is 13.5. The van der Waals surface area contributed by atoms with Crippen LogP contribution in [0.1, 0.15) is 23.3 Å². The number of amides is 1. The average Bonchev–Trinajstić information content (AvgIpc) is 3.01. The number of rotatable bonds is 4. The summed E-state index contributed by atoms with van der Waals surface area (Å²) >= 11 is 0. The van der Waals surface area contributed by atoms with E-state index in [1.165, 1.54) is 25.3 Å². The number of hydrogen-bond acceptors (Lipinski definition) is 6. The number of methoxy groups -OCH3 is 1. The number of aromatic nitrogens is 2. The Bertz CT molecular complexity index is 764. The lowest BCUT2D eigenvalue weighted by atomic mass is 10.1. The van der Waals surface area contributed by atoms with Crippen LogP contribution < -0.4 is 4.74 Å². The van der Waals surface area contributed by atoms with Gasteiger partial charge in [0.15, 0.2) is 5.82 Å². The minimum Gasteiger partial charge on any atom is -0.496 e. The minimum absolute atomic E-state index is 0.0836. The van der Waals surface area contributed by atoms with Gasteiger partial charge < -0.3 is 14.2 Å². The zero-order valence-corrected chi connectivity index (χ0v) is 14.5. The van der Waals surface area contributed by atoms with Gasteiger partial charge in [0.05, 0.1) is 13.5 Å². The molecule has 1 amide bonds. The van der Waals surface area contributed by atoms with E-state index in [-0.39, 0.29) is 24.2 Å². The van der Waals surface area contributed by atoms with Gasteiger partial charge >= 0.3 is 0 Å². The number of ether oxygens (including phenoxy) is 1. The Morgan fingerprint density at radius 3 is 2.92 bits per heavy atom. The highest BCUT2D eigenvalue weighted by atomic mass is 19.1. The lowest BCUT2D eigenvalue weighted by molar-refractivity contribution is -0.133. The first kappa shape index (κ1) is 17.3. The molecule has 1 aromatic heterocycles. The number of nitrogens with zero attached hydrogens (tertiary/aromatic N) is 4. The van der Waals surface area contributed by atoms with Crippen molar-refractivity contribution in [3.8, 4) is 5.75 Å². The van der Waals surface area contributed by atoms with Crippen molar-refractivity contribution >= 4 is 5.91 Å². The molecule has 2 aromatic rings. The Morgan fingerprint density at radius 2 is 2.24 bits per heavy atom. The maximum Gasteiger partial charge on any atom is 0.245 e. The summed E-state index contributed by atoms with van der Waals surface area (Å²) in [4.78, 5) is 20.8. The molecular formula is C17H21FN4O3. The molecule has 0 aliphatic carbocycles. The van der Waals surface area contributed by atoms with Gasteiger partial charge in [0, 0.05) is 25.2 Å². The largest absolute Gasteiger partial charge is 0.496 e. The molecule has 134 valence electrons. The number of benzene rings is 1. The highest BCUT2D eigenvalue weighted by molar-refractivity contribution is 5.79. The average molecular weight is 348 g/mol. The number of carbonyl (C=O) groups is 1. The summed E-state index contributed by atoms with van der Waals surface area (Å²) in [6.07, 6.45) is 0.0836. The molecule has 1 fully saturated rings. The van der Waals surface area contributed by atoms with E-state index in [1.54, 1.807) is 11.8 Å². The summed E-state index contributed by atoms with van der Waals surface area (Å²) in [5.74, 6) is 1.10. The molecule has 1 aromatic carbocycles. The quantitative estimate of drug-likeness (QED) is 0.835. The van der Waals surface area contributed by atoms with Crippen LogP contribution in [0.3, 0.4) is 0 Å². The molecule has 7 nitrogen and oxygen atoms in total. The van der Waals surface area contributed by atoms with Crippen molar-refractivity contribution in [1.29, 1.82) is 0 Å². The van der Waals surface area contributed by atoms with Gasteiger partial charge in [-0.05, 0) is 32.2 Å². The van der Waals surface area contributed by atoms with Crippen LogP contribution in [0.2, 0.25) is 0 Å². The number of carbonyl (C=O) groups excluding carboxylic acids is 1. The molecule has 0 saturated carbocycles. The highest BCUT2D eigenvalue weighted by Gasteiger charge is 2.32. The maximum atomic E-state index is 13.5. The molecule has 8 heteroatoms. The lowest BCUT2D eigenvalue weighted by Gasteiger charge is -2.37. The molecule has 0 radical (unpaired) electrons. The molecule has 1 aliphatic heterocycles. The van der Waals surface area contributed by atoms with Crippen molar-refractivity contribution in [1.82, 2.24) is 19.9 Å². The molecule has 0 bridgehead atoms. The molecule has 0 spiro atoms. The third-order valence-corrected chi connectivity index (χ3v) is 4.41. The topological polar surface area (TPSA) is 71.7 Å². The lowest BCUT2D eigenvalue weighted by Crippen LogP contribution is -2.49. The molecule has 0 N–H and O–H groups in total. The van der Waals surface area contributed by atoms with Crippen molar-refractivity contribution in [2.75, 3.05) is 33.8 Å². The van der Waals surface area contributed by atoms with E-state index in [9.17, 15) is 9.18 Å². The van der Waals surface area contributed by atoms with Crippen molar-refractivity contribution in [3.05, 3.63) is 41.3 Å². The van der Waals surface area contributed by atoms with E-state index >= 15 is 0 Å². The van der Waals surface area contributed by atoms with E-state index < -0.39 is 0 Å².